The second kappa shape index (κ2) is 6.99. The Balaban J connectivity index is 1.76. The van der Waals surface area contributed by atoms with E-state index >= 15 is 0 Å². The fourth-order valence-corrected chi connectivity index (χ4v) is 2.70. The lowest BCUT2D eigenvalue weighted by atomic mass is 10.3. The normalized spacial score (nSPS) is 10.9. The number of hydrogen-bond acceptors (Lipinski definition) is 5. The molecule has 0 fully saturated rings. The Kier molecular flexibility index (Phi) is 4.75. The van der Waals surface area contributed by atoms with Crippen LogP contribution in [-0.4, -0.2) is 51.1 Å². The van der Waals surface area contributed by atoms with Crippen molar-refractivity contribution in [3.8, 4) is 0 Å². The summed E-state index contributed by atoms with van der Waals surface area (Å²) in [7, 11) is 5.37. The van der Waals surface area contributed by atoms with E-state index in [9.17, 15) is 9.59 Å². The first kappa shape index (κ1) is 17.7. The molecule has 26 heavy (non-hydrogen) atoms. The topological polar surface area (TPSA) is 75.7 Å². The van der Waals surface area contributed by atoms with Gasteiger partial charge >= 0.3 is 0 Å². The van der Waals surface area contributed by atoms with Gasteiger partial charge in [0.15, 0.2) is 0 Å². The molecule has 0 radical (unpaired) electrons. The number of hydrogen-bond donors (Lipinski definition) is 0. The number of aryl methyl sites for hydroxylation is 1. The summed E-state index contributed by atoms with van der Waals surface area (Å²) in [4.78, 5) is 32.6. The standard InChI is InChI=1S/C18H22N6O2/c1-13-15(23-8-6-5-7-16(23)20-13)11-22(4)18(26)12-24-17(25)9-14(10-19-24)21(2)3/h5-10H,11-12H2,1-4H3. The van der Waals surface area contributed by atoms with Crippen LogP contribution < -0.4 is 10.5 Å². The minimum absolute atomic E-state index is 0.0984. The molecule has 8 heteroatoms. The molecule has 0 saturated heterocycles. The summed E-state index contributed by atoms with van der Waals surface area (Å²) < 4.78 is 3.14. The van der Waals surface area contributed by atoms with Crippen LogP contribution in [-0.2, 0) is 17.9 Å². The number of nitrogens with zero attached hydrogens (tertiary/aromatic N) is 6. The second-order valence-electron chi connectivity index (χ2n) is 6.43. The maximum atomic E-state index is 12.5. The Morgan fingerprint density at radius 1 is 1.23 bits per heavy atom. The van der Waals surface area contributed by atoms with E-state index < -0.39 is 0 Å². The molecule has 0 bridgehead atoms. The number of anilines is 1. The van der Waals surface area contributed by atoms with E-state index in [-0.39, 0.29) is 18.0 Å². The van der Waals surface area contributed by atoms with E-state index in [1.165, 1.54) is 10.7 Å². The van der Waals surface area contributed by atoms with E-state index in [4.69, 9.17) is 0 Å². The first-order valence-corrected chi connectivity index (χ1v) is 8.28. The third-order valence-electron chi connectivity index (χ3n) is 4.30. The SMILES string of the molecule is Cc1nc2ccccn2c1CN(C)C(=O)Cn1ncc(N(C)C)cc1=O. The predicted molar refractivity (Wildman–Crippen MR) is 99.2 cm³/mol. The molecule has 0 aliphatic heterocycles. The zero-order chi connectivity index (χ0) is 18.8. The van der Waals surface area contributed by atoms with Crippen molar-refractivity contribution in [2.45, 2.75) is 20.0 Å². The minimum Gasteiger partial charge on any atom is -0.376 e. The largest absolute Gasteiger partial charge is 0.376 e. The predicted octanol–water partition coefficient (Wildman–Crippen LogP) is 0.924. The van der Waals surface area contributed by atoms with Crippen LogP contribution in [0.25, 0.3) is 5.65 Å². The molecule has 3 aromatic rings. The molecule has 1 amide bonds. The van der Waals surface area contributed by atoms with Crippen molar-refractivity contribution in [3.63, 3.8) is 0 Å². The summed E-state index contributed by atoms with van der Waals surface area (Å²) in [6, 6.07) is 7.24. The lowest BCUT2D eigenvalue weighted by Crippen LogP contribution is -2.35. The van der Waals surface area contributed by atoms with Crippen LogP contribution in [0.5, 0.6) is 0 Å². The van der Waals surface area contributed by atoms with E-state index in [2.05, 4.69) is 10.1 Å². The molecule has 3 aromatic heterocycles. The summed E-state index contributed by atoms with van der Waals surface area (Å²) in [5.41, 5.74) is 3.07. The number of pyridine rings is 1. The molecule has 0 atom stereocenters. The highest BCUT2D eigenvalue weighted by molar-refractivity contribution is 5.75. The van der Waals surface area contributed by atoms with Crippen LogP contribution in [0.15, 0.2) is 41.5 Å². The van der Waals surface area contributed by atoms with E-state index in [0.717, 1.165) is 17.0 Å². The van der Waals surface area contributed by atoms with E-state index in [0.29, 0.717) is 12.2 Å². The molecule has 0 spiro atoms. The summed E-state index contributed by atoms with van der Waals surface area (Å²) in [6.07, 6.45) is 3.50. The van der Waals surface area contributed by atoms with Gasteiger partial charge in [-0.15, -0.1) is 0 Å². The number of rotatable bonds is 5. The van der Waals surface area contributed by atoms with Crippen LogP contribution in [0.1, 0.15) is 11.4 Å². The number of aromatic nitrogens is 4. The van der Waals surface area contributed by atoms with Crippen molar-refractivity contribution < 1.29 is 4.79 Å². The molecule has 0 N–H and O–H groups in total. The second-order valence-corrected chi connectivity index (χ2v) is 6.43. The van der Waals surface area contributed by atoms with Gasteiger partial charge in [-0.05, 0) is 19.1 Å². The van der Waals surface area contributed by atoms with Crippen LogP contribution in [0, 0.1) is 6.92 Å². The van der Waals surface area contributed by atoms with Gasteiger partial charge in [0.05, 0.1) is 29.8 Å². The molecule has 0 aliphatic rings. The fourth-order valence-electron chi connectivity index (χ4n) is 2.70. The van der Waals surface area contributed by atoms with Gasteiger partial charge in [0.1, 0.15) is 12.2 Å². The summed E-state index contributed by atoms with van der Waals surface area (Å²) in [5, 5.41) is 4.08. The molecular formula is C18H22N6O2. The Morgan fingerprint density at radius 2 is 2.00 bits per heavy atom. The quantitative estimate of drug-likeness (QED) is 0.681. The van der Waals surface area contributed by atoms with Crippen molar-refractivity contribution in [1.82, 2.24) is 24.1 Å². The Morgan fingerprint density at radius 3 is 2.69 bits per heavy atom. The van der Waals surface area contributed by atoms with Gasteiger partial charge in [-0.2, -0.15) is 5.10 Å². The number of imidazole rings is 1. The monoisotopic (exact) mass is 354 g/mol. The number of fused-ring (bicyclic) bond motifs is 1. The lowest BCUT2D eigenvalue weighted by molar-refractivity contribution is -0.131. The van der Waals surface area contributed by atoms with Gasteiger partial charge in [-0.3, -0.25) is 9.59 Å². The summed E-state index contributed by atoms with van der Waals surface area (Å²) in [6.45, 7) is 2.23. The average Bonchev–Trinajstić information content (AvgIpc) is 2.92. The molecule has 0 aliphatic carbocycles. The van der Waals surface area contributed by atoms with Crippen LogP contribution in [0.4, 0.5) is 5.69 Å². The molecule has 0 aromatic carbocycles. The zero-order valence-electron chi connectivity index (χ0n) is 15.4. The summed E-state index contributed by atoms with van der Waals surface area (Å²) >= 11 is 0. The van der Waals surface area contributed by atoms with E-state index in [1.54, 1.807) is 23.0 Å². The molecule has 3 heterocycles. The number of carbonyl (C=O) groups excluding carboxylic acids is 1. The molecule has 136 valence electrons. The number of amides is 1. The van der Waals surface area contributed by atoms with E-state index in [1.807, 2.05) is 49.8 Å². The van der Waals surface area contributed by atoms with Crippen molar-refractivity contribution in [2.75, 3.05) is 26.0 Å². The Labute approximate surface area is 151 Å². The lowest BCUT2D eigenvalue weighted by Gasteiger charge is -2.18. The van der Waals surface area contributed by atoms with Crippen LogP contribution >= 0.6 is 0 Å². The molecule has 8 nitrogen and oxygen atoms in total. The van der Waals surface area contributed by atoms with Crippen molar-refractivity contribution >= 4 is 17.2 Å². The highest BCUT2D eigenvalue weighted by Crippen LogP contribution is 2.13. The van der Waals surface area contributed by atoms with Gasteiger partial charge in [0, 0.05) is 33.4 Å². The minimum atomic E-state index is -0.302. The van der Waals surface area contributed by atoms with Crippen molar-refractivity contribution in [3.05, 3.63) is 58.4 Å². The Bertz CT molecular complexity index is 1000. The third kappa shape index (κ3) is 3.44. The highest BCUT2D eigenvalue weighted by atomic mass is 16.2. The maximum absolute atomic E-state index is 12.5. The maximum Gasteiger partial charge on any atom is 0.269 e. The van der Waals surface area contributed by atoms with Gasteiger partial charge in [-0.1, -0.05) is 6.07 Å². The van der Waals surface area contributed by atoms with Gasteiger partial charge < -0.3 is 14.2 Å². The zero-order valence-corrected chi connectivity index (χ0v) is 15.4. The van der Waals surface area contributed by atoms with Crippen LogP contribution in [0.2, 0.25) is 0 Å². The first-order chi connectivity index (χ1) is 12.4. The molecule has 3 rings (SSSR count). The first-order valence-electron chi connectivity index (χ1n) is 8.28. The Hall–Kier alpha value is -3.16. The molecule has 0 unspecified atom stereocenters. The highest BCUT2D eigenvalue weighted by Gasteiger charge is 2.16. The average molecular weight is 354 g/mol. The number of carbonyl (C=O) groups is 1. The van der Waals surface area contributed by atoms with Crippen molar-refractivity contribution in [1.29, 1.82) is 0 Å². The smallest absolute Gasteiger partial charge is 0.269 e. The van der Waals surface area contributed by atoms with Gasteiger partial charge in [-0.25, -0.2) is 9.67 Å². The summed E-state index contributed by atoms with van der Waals surface area (Å²) in [5.74, 6) is -0.192. The molecule has 0 saturated carbocycles. The van der Waals surface area contributed by atoms with Crippen molar-refractivity contribution in [2.24, 2.45) is 0 Å². The van der Waals surface area contributed by atoms with Crippen LogP contribution in [0.3, 0.4) is 0 Å². The van der Waals surface area contributed by atoms with Gasteiger partial charge in [0.2, 0.25) is 5.91 Å². The number of likely N-dealkylation sites (N-methyl/N-ethyl adjacent to an activating group) is 1. The van der Waals surface area contributed by atoms with Gasteiger partial charge in [0.25, 0.3) is 5.56 Å². The fraction of sp³-hybridized carbons (Fsp3) is 0.333. The molecular weight excluding hydrogens is 332 g/mol. The third-order valence-corrected chi connectivity index (χ3v) is 4.30.